The molecule has 2 aromatic rings. The minimum atomic E-state index is -0.771. The molecule has 0 aliphatic carbocycles. The van der Waals surface area contributed by atoms with Gasteiger partial charge in [-0.1, -0.05) is 18.7 Å². The van der Waals surface area contributed by atoms with Crippen LogP contribution in [0.15, 0.2) is 28.2 Å². The largest absolute Gasteiger partial charge is 0.343 e. The molecule has 0 bridgehead atoms. The summed E-state index contributed by atoms with van der Waals surface area (Å²) in [6.07, 6.45) is 0.752. The first-order valence-electron chi connectivity index (χ1n) is 6.53. The van der Waals surface area contributed by atoms with Crippen LogP contribution in [0.25, 0.3) is 0 Å². The minimum Gasteiger partial charge on any atom is -0.325 e. The summed E-state index contributed by atoms with van der Waals surface area (Å²) in [4.78, 5) is 23.3. The van der Waals surface area contributed by atoms with E-state index in [1.807, 2.05) is 6.92 Å². The number of aromatic amines is 1. The van der Waals surface area contributed by atoms with Crippen LogP contribution in [0, 0.1) is 11.6 Å². The van der Waals surface area contributed by atoms with Crippen molar-refractivity contribution in [1.29, 1.82) is 0 Å². The molecule has 0 aliphatic rings. The van der Waals surface area contributed by atoms with Crippen molar-refractivity contribution in [3.8, 4) is 0 Å². The van der Waals surface area contributed by atoms with Crippen LogP contribution in [0.2, 0.25) is 0 Å². The molecule has 0 unspecified atom stereocenters. The van der Waals surface area contributed by atoms with Gasteiger partial charge in [-0.15, -0.1) is 5.10 Å². The molecule has 118 valence electrons. The summed E-state index contributed by atoms with van der Waals surface area (Å²) in [6.45, 7) is 2.41. The fourth-order valence-corrected chi connectivity index (χ4v) is 2.56. The van der Waals surface area contributed by atoms with E-state index in [4.69, 9.17) is 0 Å². The molecule has 0 fully saturated rings. The molecule has 0 saturated heterocycles. The Morgan fingerprint density at radius 1 is 1.36 bits per heavy atom. The zero-order valence-corrected chi connectivity index (χ0v) is 12.5. The number of hydrogen-bond acceptors (Lipinski definition) is 4. The molecular weight excluding hydrogens is 314 g/mol. The highest BCUT2D eigenvalue weighted by atomic mass is 32.2. The van der Waals surface area contributed by atoms with Gasteiger partial charge in [0.05, 0.1) is 5.75 Å². The molecule has 0 atom stereocenters. The van der Waals surface area contributed by atoms with Gasteiger partial charge in [0.25, 0.3) is 0 Å². The number of benzene rings is 1. The standard InChI is InChI=1S/C13H14F2N4O2S/c1-2-3-19-12(21)17-18-13(19)22-7-11(20)16-10-5-8(14)4-9(15)6-10/h4-6H,2-3,7H2,1H3,(H,16,20)(H,17,21). The van der Waals surface area contributed by atoms with Crippen LogP contribution in [-0.4, -0.2) is 26.4 Å². The van der Waals surface area contributed by atoms with Gasteiger partial charge in [0.1, 0.15) is 11.6 Å². The van der Waals surface area contributed by atoms with Gasteiger partial charge in [-0.05, 0) is 18.6 Å². The molecule has 0 radical (unpaired) electrons. The molecule has 1 aromatic heterocycles. The van der Waals surface area contributed by atoms with E-state index >= 15 is 0 Å². The molecule has 22 heavy (non-hydrogen) atoms. The molecule has 2 N–H and O–H groups in total. The molecule has 1 amide bonds. The van der Waals surface area contributed by atoms with E-state index in [9.17, 15) is 18.4 Å². The number of rotatable bonds is 6. The van der Waals surface area contributed by atoms with Crippen molar-refractivity contribution in [2.75, 3.05) is 11.1 Å². The average molecular weight is 328 g/mol. The molecule has 6 nitrogen and oxygen atoms in total. The summed E-state index contributed by atoms with van der Waals surface area (Å²) in [5.74, 6) is -2.03. The van der Waals surface area contributed by atoms with Crippen LogP contribution in [0.1, 0.15) is 13.3 Å². The summed E-state index contributed by atoms with van der Waals surface area (Å²) in [7, 11) is 0. The highest BCUT2D eigenvalue weighted by molar-refractivity contribution is 7.99. The van der Waals surface area contributed by atoms with E-state index in [-0.39, 0.29) is 17.1 Å². The van der Waals surface area contributed by atoms with Gasteiger partial charge in [-0.3, -0.25) is 9.36 Å². The lowest BCUT2D eigenvalue weighted by Gasteiger charge is -2.06. The van der Waals surface area contributed by atoms with Crippen molar-refractivity contribution in [2.45, 2.75) is 25.0 Å². The van der Waals surface area contributed by atoms with E-state index in [0.29, 0.717) is 11.7 Å². The number of carbonyl (C=O) groups is 1. The number of H-pyrrole nitrogens is 1. The highest BCUT2D eigenvalue weighted by Crippen LogP contribution is 2.16. The number of anilines is 1. The number of halogens is 2. The Morgan fingerprint density at radius 2 is 2.05 bits per heavy atom. The topological polar surface area (TPSA) is 79.8 Å². The summed E-state index contributed by atoms with van der Waals surface area (Å²) >= 11 is 1.06. The van der Waals surface area contributed by atoms with Crippen molar-refractivity contribution < 1.29 is 13.6 Å². The third-order valence-electron chi connectivity index (χ3n) is 2.65. The number of nitrogens with one attached hydrogen (secondary N) is 2. The minimum absolute atomic E-state index is 0.0356. The summed E-state index contributed by atoms with van der Waals surface area (Å²) < 4.78 is 27.5. The van der Waals surface area contributed by atoms with Crippen molar-refractivity contribution in [2.24, 2.45) is 0 Å². The molecule has 9 heteroatoms. The zero-order chi connectivity index (χ0) is 16.1. The van der Waals surface area contributed by atoms with Crippen LogP contribution in [-0.2, 0) is 11.3 Å². The Kier molecular flexibility index (Phi) is 5.31. The second kappa shape index (κ2) is 7.21. The lowest BCUT2D eigenvalue weighted by Crippen LogP contribution is -2.18. The Labute approximate surface area is 128 Å². The summed E-state index contributed by atoms with van der Waals surface area (Å²) in [6, 6.07) is 2.76. The average Bonchev–Trinajstić information content (AvgIpc) is 2.77. The summed E-state index contributed by atoms with van der Waals surface area (Å²) in [5.41, 5.74) is -0.298. The Bertz CT molecular complexity index is 709. The number of hydrogen-bond donors (Lipinski definition) is 2. The van der Waals surface area contributed by atoms with E-state index < -0.39 is 17.5 Å². The Balaban J connectivity index is 1.97. The van der Waals surface area contributed by atoms with Crippen molar-refractivity contribution in [3.05, 3.63) is 40.3 Å². The third-order valence-corrected chi connectivity index (χ3v) is 3.63. The first-order valence-corrected chi connectivity index (χ1v) is 7.52. The lowest BCUT2D eigenvalue weighted by molar-refractivity contribution is -0.113. The van der Waals surface area contributed by atoms with Crippen molar-refractivity contribution >= 4 is 23.4 Å². The van der Waals surface area contributed by atoms with E-state index in [2.05, 4.69) is 15.5 Å². The predicted octanol–water partition coefficient (Wildman–Crippen LogP) is 1.99. The van der Waals surface area contributed by atoms with Crippen molar-refractivity contribution in [3.63, 3.8) is 0 Å². The fraction of sp³-hybridized carbons (Fsp3) is 0.308. The monoisotopic (exact) mass is 328 g/mol. The number of thioether (sulfide) groups is 1. The van der Waals surface area contributed by atoms with Gasteiger partial charge in [-0.25, -0.2) is 18.7 Å². The third kappa shape index (κ3) is 4.17. The maximum absolute atomic E-state index is 13.0. The van der Waals surface area contributed by atoms with Crippen LogP contribution in [0.3, 0.4) is 0 Å². The second-order valence-electron chi connectivity index (χ2n) is 4.46. The van der Waals surface area contributed by atoms with Crippen LogP contribution < -0.4 is 11.0 Å². The molecule has 2 rings (SSSR count). The summed E-state index contributed by atoms with van der Waals surface area (Å²) in [5, 5.41) is 8.93. The van der Waals surface area contributed by atoms with Gasteiger partial charge >= 0.3 is 5.69 Å². The first kappa shape index (κ1) is 16.2. The fourth-order valence-electron chi connectivity index (χ4n) is 1.79. The number of amides is 1. The van der Waals surface area contributed by atoms with E-state index in [1.54, 1.807) is 0 Å². The Morgan fingerprint density at radius 3 is 2.68 bits per heavy atom. The number of aromatic nitrogens is 3. The van der Waals surface area contributed by atoms with Gasteiger partial charge < -0.3 is 5.32 Å². The van der Waals surface area contributed by atoms with Gasteiger partial charge in [0.15, 0.2) is 5.16 Å². The van der Waals surface area contributed by atoms with Crippen molar-refractivity contribution in [1.82, 2.24) is 14.8 Å². The van der Waals surface area contributed by atoms with E-state index in [1.165, 1.54) is 4.57 Å². The van der Waals surface area contributed by atoms with Crippen LogP contribution in [0.4, 0.5) is 14.5 Å². The van der Waals surface area contributed by atoms with Crippen LogP contribution >= 0.6 is 11.8 Å². The molecule has 0 saturated carbocycles. The molecule has 0 aliphatic heterocycles. The van der Waals surface area contributed by atoms with Gasteiger partial charge in [0.2, 0.25) is 5.91 Å². The normalized spacial score (nSPS) is 10.7. The molecular formula is C13H14F2N4O2S. The van der Waals surface area contributed by atoms with Crippen LogP contribution in [0.5, 0.6) is 0 Å². The predicted molar refractivity (Wildman–Crippen MR) is 78.9 cm³/mol. The maximum Gasteiger partial charge on any atom is 0.343 e. The second-order valence-corrected chi connectivity index (χ2v) is 5.40. The quantitative estimate of drug-likeness (QED) is 0.795. The first-order chi connectivity index (χ1) is 10.5. The SMILES string of the molecule is CCCn1c(SCC(=O)Nc2cc(F)cc(F)c2)n[nH]c1=O. The Hall–Kier alpha value is -2.16. The maximum atomic E-state index is 13.0. The van der Waals surface area contributed by atoms with E-state index in [0.717, 1.165) is 36.4 Å². The number of carbonyl (C=O) groups excluding carboxylic acids is 1. The molecule has 1 aromatic carbocycles. The highest BCUT2D eigenvalue weighted by Gasteiger charge is 2.11. The van der Waals surface area contributed by atoms with Gasteiger partial charge in [-0.2, -0.15) is 0 Å². The number of nitrogens with zero attached hydrogens (tertiary/aromatic N) is 2. The molecule has 1 heterocycles. The smallest absolute Gasteiger partial charge is 0.325 e. The molecule has 0 spiro atoms. The zero-order valence-electron chi connectivity index (χ0n) is 11.7. The van der Waals surface area contributed by atoms with Gasteiger partial charge in [0, 0.05) is 18.3 Å². The lowest BCUT2D eigenvalue weighted by atomic mass is 10.3.